The van der Waals surface area contributed by atoms with Crippen molar-refractivity contribution in [1.82, 2.24) is 5.32 Å². The summed E-state index contributed by atoms with van der Waals surface area (Å²) in [5, 5.41) is 3.09. The van der Waals surface area contributed by atoms with Crippen LogP contribution in [0.25, 0.3) is 0 Å². The average Bonchev–Trinajstić information content (AvgIpc) is 2.17. The van der Waals surface area contributed by atoms with Crippen LogP contribution in [0.5, 0.6) is 0 Å². The minimum Gasteiger partial charge on any atom is -0.351 e. The van der Waals surface area contributed by atoms with Crippen molar-refractivity contribution < 1.29 is 4.79 Å². The minimum atomic E-state index is -0.152. The van der Waals surface area contributed by atoms with Crippen molar-refractivity contribution >= 4 is 5.91 Å². The normalized spacial score (nSPS) is 18.4. The maximum Gasteiger partial charge on any atom is 0.220 e. The molecule has 0 heterocycles. The van der Waals surface area contributed by atoms with Gasteiger partial charge in [-0.3, -0.25) is 4.79 Å². The van der Waals surface area contributed by atoms with Gasteiger partial charge in [0.25, 0.3) is 0 Å². The van der Waals surface area contributed by atoms with Crippen LogP contribution >= 0.6 is 0 Å². The Morgan fingerprint density at radius 3 is 2.50 bits per heavy atom. The van der Waals surface area contributed by atoms with Crippen LogP contribution in [0.3, 0.4) is 0 Å². The third-order valence-electron chi connectivity index (χ3n) is 3.45. The Balaban J connectivity index is 2.28. The molecule has 3 nitrogen and oxygen atoms in total. The van der Waals surface area contributed by atoms with Gasteiger partial charge >= 0.3 is 0 Å². The van der Waals surface area contributed by atoms with Gasteiger partial charge in [-0.25, -0.2) is 0 Å². The summed E-state index contributed by atoms with van der Waals surface area (Å²) in [6.45, 7) is 4.70. The summed E-state index contributed by atoms with van der Waals surface area (Å²) in [6.07, 6.45) is 7.93. The number of carbonyl (C=O) groups is 1. The number of carbonyl (C=O) groups excluding carboxylic acids is 1. The summed E-state index contributed by atoms with van der Waals surface area (Å²) in [5.74, 6) is 0.813. The zero-order valence-corrected chi connectivity index (χ0v) is 10.7. The Morgan fingerprint density at radius 2 is 1.94 bits per heavy atom. The highest BCUT2D eigenvalue weighted by Crippen LogP contribution is 2.26. The first-order chi connectivity index (χ1) is 7.53. The number of nitrogens with two attached hydrogens (primary N) is 1. The number of nitrogens with one attached hydrogen (secondary N) is 1. The Hall–Kier alpha value is -0.570. The molecule has 1 saturated carbocycles. The fourth-order valence-corrected chi connectivity index (χ4v) is 2.51. The largest absolute Gasteiger partial charge is 0.351 e. The number of amides is 1. The second kappa shape index (κ2) is 6.24. The lowest BCUT2D eigenvalue weighted by molar-refractivity contribution is -0.123. The second-order valence-electron chi connectivity index (χ2n) is 5.68. The van der Waals surface area contributed by atoms with E-state index in [-0.39, 0.29) is 11.4 Å². The average molecular weight is 226 g/mol. The van der Waals surface area contributed by atoms with Crippen molar-refractivity contribution in [3.8, 4) is 0 Å². The molecule has 0 aromatic heterocycles. The molecule has 3 N–H and O–H groups in total. The van der Waals surface area contributed by atoms with E-state index in [0.29, 0.717) is 18.9 Å². The first-order valence-electron chi connectivity index (χ1n) is 6.54. The van der Waals surface area contributed by atoms with Crippen molar-refractivity contribution in [1.29, 1.82) is 0 Å². The van der Waals surface area contributed by atoms with Gasteiger partial charge in [-0.05, 0) is 45.6 Å². The Morgan fingerprint density at radius 1 is 1.31 bits per heavy atom. The minimum absolute atomic E-state index is 0.152. The van der Waals surface area contributed by atoms with Crippen molar-refractivity contribution in [3.63, 3.8) is 0 Å². The summed E-state index contributed by atoms with van der Waals surface area (Å²) in [7, 11) is 0. The molecule has 0 atom stereocenters. The molecule has 1 amide bonds. The molecule has 0 unspecified atom stereocenters. The van der Waals surface area contributed by atoms with Crippen LogP contribution in [0.2, 0.25) is 0 Å². The van der Waals surface area contributed by atoms with Crippen LogP contribution < -0.4 is 11.1 Å². The molecule has 0 radical (unpaired) electrons. The SMILES string of the molecule is CC(C)(CCN)NC(=O)CC1CCCCC1. The lowest BCUT2D eigenvalue weighted by atomic mass is 9.86. The third kappa shape index (κ3) is 4.97. The molecule has 3 heteroatoms. The van der Waals surface area contributed by atoms with Gasteiger partial charge in [-0.2, -0.15) is 0 Å². The van der Waals surface area contributed by atoms with Crippen LogP contribution in [-0.4, -0.2) is 18.0 Å². The summed E-state index contributed by atoms with van der Waals surface area (Å²) >= 11 is 0. The maximum atomic E-state index is 11.8. The zero-order valence-electron chi connectivity index (χ0n) is 10.7. The van der Waals surface area contributed by atoms with Gasteiger partial charge in [-0.1, -0.05) is 19.3 Å². The van der Waals surface area contributed by atoms with Crippen molar-refractivity contribution in [2.75, 3.05) is 6.54 Å². The van der Waals surface area contributed by atoms with E-state index in [4.69, 9.17) is 5.73 Å². The Kier molecular flexibility index (Phi) is 5.26. The van der Waals surface area contributed by atoms with Crippen LogP contribution in [0.15, 0.2) is 0 Å². The highest BCUT2D eigenvalue weighted by molar-refractivity contribution is 5.76. The first-order valence-corrected chi connectivity index (χ1v) is 6.54. The van der Waals surface area contributed by atoms with E-state index in [1.807, 2.05) is 13.8 Å². The summed E-state index contributed by atoms with van der Waals surface area (Å²) < 4.78 is 0. The molecular formula is C13H26N2O. The smallest absolute Gasteiger partial charge is 0.220 e. The van der Waals surface area contributed by atoms with E-state index in [1.54, 1.807) is 0 Å². The molecule has 0 aliphatic heterocycles. The molecule has 0 bridgehead atoms. The van der Waals surface area contributed by atoms with Crippen molar-refractivity contribution in [3.05, 3.63) is 0 Å². The van der Waals surface area contributed by atoms with E-state index in [9.17, 15) is 4.79 Å². The molecule has 16 heavy (non-hydrogen) atoms. The summed E-state index contributed by atoms with van der Waals surface area (Å²) in [5.41, 5.74) is 5.37. The molecule has 0 aromatic carbocycles. The predicted molar refractivity (Wildman–Crippen MR) is 67.1 cm³/mol. The topological polar surface area (TPSA) is 55.1 Å². The molecule has 1 fully saturated rings. The van der Waals surface area contributed by atoms with Crippen LogP contribution in [-0.2, 0) is 4.79 Å². The lowest BCUT2D eigenvalue weighted by Crippen LogP contribution is -2.45. The Bertz CT molecular complexity index is 220. The molecular weight excluding hydrogens is 200 g/mol. The van der Waals surface area contributed by atoms with Crippen LogP contribution in [0, 0.1) is 5.92 Å². The van der Waals surface area contributed by atoms with Crippen molar-refractivity contribution in [2.45, 2.75) is 64.3 Å². The molecule has 1 aliphatic carbocycles. The van der Waals surface area contributed by atoms with Crippen LogP contribution in [0.1, 0.15) is 58.8 Å². The highest BCUT2D eigenvalue weighted by atomic mass is 16.1. The van der Waals surface area contributed by atoms with Crippen molar-refractivity contribution in [2.24, 2.45) is 11.7 Å². The van der Waals surface area contributed by atoms with Gasteiger partial charge < -0.3 is 11.1 Å². The molecule has 0 spiro atoms. The van der Waals surface area contributed by atoms with Crippen LogP contribution in [0.4, 0.5) is 0 Å². The standard InChI is InChI=1S/C13H26N2O/c1-13(2,8-9-14)15-12(16)10-11-6-4-3-5-7-11/h11H,3-10,14H2,1-2H3,(H,15,16). The third-order valence-corrected chi connectivity index (χ3v) is 3.45. The van der Waals surface area contributed by atoms with Gasteiger partial charge in [0.05, 0.1) is 0 Å². The summed E-state index contributed by atoms with van der Waals surface area (Å²) in [4.78, 5) is 11.8. The molecule has 0 saturated heterocycles. The fraction of sp³-hybridized carbons (Fsp3) is 0.923. The van der Waals surface area contributed by atoms with E-state index in [1.165, 1.54) is 32.1 Å². The highest BCUT2D eigenvalue weighted by Gasteiger charge is 2.22. The maximum absolute atomic E-state index is 11.8. The van der Waals surface area contributed by atoms with Gasteiger partial charge in [0.15, 0.2) is 0 Å². The predicted octanol–water partition coefficient (Wildman–Crippen LogP) is 2.20. The van der Waals surface area contributed by atoms with E-state index >= 15 is 0 Å². The first kappa shape index (κ1) is 13.5. The molecule has 1 rings (SSSR count). The zero-order chi connectivity index (χ0) is 12.0. The van der Waals surface area contributed by atoms with E-state index in [0.717, 1.165) is 6.42 Å². The van der Waals surface area contributed by atoms with E-state index in [2.05, 4.69) is 5.32 Å². The van der Waals surface area contributed by atoms with Gasteiger partial charge in [0, 0.05) is 12.0 Å². The number of rotatable bonds is 5. The quantitative estimate of drug-likeness (QED) is 0.755. The van der Waals surface area contributed by atoms with Gasteiger partial charge in [0.1, 0.15) is 0 Å². The molecule has 94 valence electrons. The molecule has 0 aromatic rings. The monoisotopic (exact) mass is 226 g/mol. The van der Waals surface area contributed by atoms with E-state index < -0.39 is 0 Å². The van der Waals surface area contributed by atoms with Gasteiger partial charge in [-0.15, -0.1) is 0 Å². The van der Waals surface area contributed by atoms with Gasteiger partial charge in [0.2, 0.25) is 5.91 Å². The summed E-state index contributed by atoms with van der Waals surface area (Å²) in [6, 6.07) is 0. The number of hydrogen-bond acceptors (Lipinski definition) is 2. The molecule has 1 aliphatic rings. The lowest BCUT2D eigenvalue weighted by Gasteiger charge is -2.28. The fourth-order valence-electron chi connectivity index (χ4n) is 2.51. The Labute approximate surface area is 99.2 Å². The number of hydrogen-bond donors (Lipinski definition) is 2. The second-order valence-corrected chi connectivity index (χ2v) is 5.68.